The first-order valence-electron chi connectivity index (χ1n) is 7.12. The number of hydrogen-bond acceptors (Lipinski definition) is 2. The van der Waals surface area contributed by atoms with E-state index in [2.05, 4.69) is 36.1 Å². The molecule has 0 aromatic heterocycles. The van der Waals surface area contributed by atoms with Crippen LogP contribution in [0.25, 0.3) is 0 Å². The van der Waals surface area contributed by atoms with Gasteiger partial charge in [0.25, 0.3) is 0 Å². The molecular weight excluding hydrogens is 222 g/mol. The molecule has 1 aromatic carbocycles. The minimum absolute atomic E-state index is 0.203. The largest absolute Gasteiger partial charge is 0.298 e. The van der Waals surface area contributed by atoms with E-state index in [1.807, 2.05) is 6.07 Å². The van der Waals surface area contributed by atoms with Crippen LogP contribution in [-0.4, -0.2) is 22.8 Å². The molecule has 0 N–H and O–H groups in total. The maximum absolute atomic E-state index is 12.1. The second-order valence-electron chi connectivity index (χ2n) is 5.65. The Labute approximate surface area is 109 Å². The molecule has 2 heterocycles. The van der Waals surface area contributed by atoms with Crippen LogP contribution < -0.4 is 0 Å². The molecule has 0 aliphatic carbocycles. The van der Waals surface area contributed by atoms with Crippen LogP contribution in [-0.2, 0) is 11.3 Å². The Morgan fingerprint density at radius 2 is 2.06 bits per heavy atom. The maximum atomic E-state index is 12.1. The molecule has 1 aromatic rings. The number of hydrogen-bond donors (Lipinski definition) is 0. The van der Waals surface area contributed by atoms with Gasteiger partial charge in [-0.25, -0.2) is 0 Å². The van der Waals surface area contributed by atoms with Crippen LogP contribution >= 0.6 is 0 Å². The lowest BCUT2D eigenvalue weighted by Gasteiger charge is -2.34. The summed E-state index contributed by atoms with van der Waals surface area (Å²) < 4.78 is 0. The van der Waals surface area contributed by atoms with Gasteiger partial charge in [0.15, 0.2) is 0 Å². The molecular formula is C16H21NO. The average molecular weight is 243 g/mol. The molecule has 2 heteroatoms. The summed E-state index contributed by atoms with van der Waals surface area (Å²) in [5.74, 6) is 1.20. The topological polar surface area (TPSA) is 20.3 Å². The van der Waals surface area contributed by atoms with E-state index in [1.165, 1.54) is 12.0 Å². The number of ketones is 1. The summed E-state index contributed by atoms with van der Waals surface area (Å²) in [6.45, 7) is 3.20. The zero-order chi connectivity index (χ0) is 12.5. The van der Waals surface area contributed by atoms with Gasteiger partial charge in [-0.05, 0) is 24.3 Å². The van der Waals surface area contributed by atoms with E-state index in [0.717, 1.165) is 31.7 Å². The summed E-state index contributed by atoms with van der Waals surface area (Å²) in [5, 5.41) is 0. The highest BCUT2D eigenvalue weighted by atomic mass is 16.1. The first-order chi connectivity index (χ1) is 8.79. The fourth-order valence-electron chi connectivity index (χ4n) is 3.72. The SMILES string of the molecule is CC[C@H]1C[C@@H]2C(=O)CC[C@H]1N2Cc1ccccc1. The van der Waals surface area contributed by atoms with E-state index in [1.54, 1.807) is 0 Å². The standard InChI is InChI=1S/C16H21NO/c1-2-13-10-15-16(18)9-8-14(13)17(15)11-12-6-4-3-5-7-12/h3-7,13-15H,2,8-11H2,1H3/t13-,14+,15+/m0/s1. The fraction of sp³-hybridized carbons (Fsp3) is 0.562. The highest BCUT2D eigenvalue weighted by Gasteiger charge is 2.46. The number of Topliss-reactive ketones (excluding diaryl/α,β-unsaturated/α-hetero) is 1. The molecule has 2 bridgehead atoms. The van der Waals surface area contributed by atoms with Gasteiger partial charge in [-0.3, -0.25) is 9.69 Å². The summed E-state index contributed by atoms with van der Waals surface area (Å²) in [7, 11) is 0. The lowest BCUT2D eigenvalue weighted by molar-refractivity contribution is -0.126. The van der Waals surface area contributed by atoms with Crippen molar-refractivity contribution < 1.29 is 4.79 Å². The van der Waals surface area contributed by atoms with Crippen LogP contribution in [0.2, 0.25) is 0 Å². The van der Waals surface area contributed by atoms with E-state index in [-0.39, 0.29) is 6.04 Å². The average Bonchev–Trinajstić information content (AvgIpc) is 2.65. The van der Waals surface area contributed by atoms with Crippen molar-refractivity contribution in [2.45, 2.75) is 51.2 Å². The van der Waals surface area contributed by atoms with Crippen LogP contribution in [0.1, 0.15) is 38.2 Å². The van der Waals surface area contributed by atoms with Crippen LogP contribution in [0.4, 0.5) is 0 Å². The lowest BCUT2D eigenvalue weighted by atomic mass is 9.95. The van der Waals surface area contributed by atoms with E-state index >= 15 is 0 Å². The highest BCUT2D eigenvalue weighted by molar-refractivity contribution is 5.85. The monoisotopic (exact) mass is 243 g/mol. The highest BCUT2D eigenvalue weighted by Crippen LogP contribution is 2.40. The molecule has 0 spiro atoms. The first-order valence-corrected chi connectivity index (χ1v) is 7.12. The molecule has 2 saturated heterocycles. The van der Waals surface area contributed by atoms with E-state index in [9.17, 15) is 4.79 Å². The van der Waals surface area contributed by atoms with Crippen molar-refractivity contribution in [3.63, 3.8) is 0 Å². The Hall–Kier alpha value is -1.15. The Morgan fingerprint density at radius 1 is 1.28 bits per heavy atom. The third-order valence-corrected chi connectivity index (χ3v) is 4.69. The predicted octanol–water partition coefficient (Wildman–Crippen LogP) is 3.02. The Morgan fingerprint density at radius 3 is 2.78 bits per heavy atom. The summed E-state index contributed by atoms with van der Waals surface area (Å²) in [5.41, 5.74) is 1.33. The number of carbonyl (C=O) groups is 1. The normalized spacial score (nSPS) is 31.8. The number of piperidine rings is 1. The molecule has 96 valence electrons. The Balaban J connectivity index is 1.81. The van der Waals surface area contributed by atoms with Gasteiger partial charge in [0.05, 0.1) is 6.04 Å². The van der Waals surface area contributed by atoms with Crippen LogP contribution in [0, 0.1) is 5.92 Å². The summed E-state index contributed by atoms with van der Waals surface area (Å²) in [6, 6.07) is 11.4. The minimum atomic E-state index is 0.203. The van der Waals surface area contributed by atoms with Crippen molar-refractivity contribution in [1.29, 1.82) is 0 Å². The second-order valence-corrected chi connectivity index (χ2v) is 5.65. The molecule has 18 heavy (non-hydrogen) atoms. The van der Waals surface area contributed by atoms with Crippen molar-refractivity contribution in [2.24, 2.45) is 5.92 Å². The molecule has 2 aliphatic heterocycles. The van der Waals surface area contributed by atoms with Gasteiger partial charge in [-0.1, -0.05) is 43.7 Å². The van der Waals surface area contributed by atoms with Crippen molar-refractivity contribution in [3.8, 4) is 0 Å². The summed E-state index contributed by atoms with van der Waals surface area (Å²) >= 11 is 0. The van der Waals surface area contributed by atoms with E-state index < -0.39 is 0 Å². The molecule has 0 saturated carbocycles. The van der Waals surface area contributed by atoms with Gasteiger partial charge in [0.1, 0.15) is 5.78 Å². The van der Waals surface area contributed by atoms with Gasteiger partial charge >= 0.3 is 0 Å². The van der Waals surface area contributed by atoms with Gasteiger partial charge in [0.2, 0.25) is 0 Å². The molecule has 0 amide bonds. The second kappa shape index (κ2) is 4.85. The minimum Gasteiger partial charge on any atom is -0.298 e. The third kappa shape index (κ3) is 1.99. The van der Waals surface area contributed by atoms with Gasteiger partial charge < -0.3 is 0 Å². The summed E-state index contributed by atoms with van der Waals surface area (Å²) in [6.07, 6.45) is 4.17. The van der Waals surface area contributed by atoms with Crippen LogP contribution in [0.3, 0.4) is 0 Å². The number of fused-ring (bicyclic) bond motifs is 2. The quantitative estimate of drug-likeness (QED) is 0.813. The van der Waals surface area contributed by atoms with Gasteiger partial charge in [-0.15, -0.1) is 0 Å². The van der Waals surface area contributed by atoms with Crippen molar-refractivity contribution >= 4 is 5.78 Å². The van der Waals surface area contributed by atoms with E-state index in [4.69, 9.17) is 0 Å². The molecule has 2 nitrogen and oxygen atoms in total. The Kier molecular flexibility index (Phi) is 3.21. The van der Waals surface area contributed by atoms with Crippen molar-refractivity contribution in [3.05, 3.63) is 35.9 Å². The number of carbonyl (C=O) groups excluding carboxylic acids is 1. The zero-order valence-corrected chi connectivity index (χ0v) is 11.0. The fourth-order valence-corrected chi connectivity index (χ4v) is 3.72. The van der Waals surface area contributed by atoms with Crippen LogP contribution in [0.15, 0.2) is 30.3 Å². The predicted molar refractivity (Wildman–Crippen MR) is 72.2 cm³/mol. The van der Waals surface area contributed by atoms with Crippen molar-refractivity contribution in [2.75, 3.05) is 0 Å². The molecule has 2 aliphatic rings. The number of rotatable bonds is 3. The Bertz CT molecular complexity index is 428. The van der Waals surface area contributed by atoms with Gasteiger partial charge in [0, 0.05) is 19.0 Å². The molecule has 3 rings (SSSR count). The molecule has 0 unspecified atom stereocenters. The molecule has 2 fully saturated rings. The van der Waals surface area contributed by atoms with E-state index in [0.29, 0.717) is 11.8 Å². The smallest absolute Gasteiger partial charge is 0.150 e. The zero-order valence-electron chi connectivity index (χ0n) is 11.0. The van der Waals surface area contributed by atoms with Crippen LogP contribution in [0.5, 0.6) is 0 Å². The lowest BCUT2D eigenvalue weighted by Crippen LogP contribution is -2.45. The summed E-state index contributed by atoms with van der Waals surface area (Å²) in [4.78, 5) is 14.5. The first kappa shape index (κ1) is 11.9. The number of benzene rings is 1. The van der Waals surface area contributed by atoms with Gasteiger partial charge in [-0.2, -0.15) is 0 Å². The van der Waals surface area contributed by atoms with Crippen molar-refractivity contribution in [1.82, 2.24) is 4.90 Å². The molecule has 3 atom stereocenters. The third-order valence-electron chi connectivity index (χ3n) is 4.69. The number of nitrogens with zero attached hydrogens (tertiary/aromatic N) is 1. The maximum Gasteiger partial charge on any atom is 0.150 e. The molecule has 0 radical (unpaired) electrons.